The Morgan fingerprint density at radius 3 is 2.05 bits per heavy atom. The molecule has 0 bridgehead atoms. The molecule has 4 heteroatoms. The molecule has 1 aliphatic rings. The van der Waals surface area contributed by atoms with Gasteiger partial charge in [0.1, 0.15) is 11.3 Å². The SMILES string of the molecule is Cc1cc(B2OC(C)(C)C(C)(C)O2)c2oc(C)c(C)c2c1. The number of aryl methyl sites for hydroxylation is 3. The molecule has 112 valence electrons. The lowest BCUT2D eigenvalue weighted by Crippen LogP contribution is -2.41. The predicted molar refractivity (Wildman–Crippen MR) is 86.1 cm³/mol. The van der Waals surface area contributed by atoms with Crippen LogP contribution in [0.15, 0.2) is 16.5 Å². The van der Waals surface area contributed by atoms with Crippen LogP contribution in [0.5, 0.6) is 0 Å². The fourth-order valence-corrected chi connectivity index (χ4v) is 2.76. The Balaban J connectivity index is 2.16. The van der Waals surface area contributed by atoms with E-state index in [9.17, 15) is 0 Å². The van der Waals surface area contributed by atoms with Crippen molar-refractivity contribution in [3.8, 4) is 0 Å². The Kier molecular flexibility index (Phi) is 3.05. The summed E-state index contributed by atoms with van der Waals surface area (Å²) in [6.07, 6.45) is 0. The topological polar surface area (TPSA) is 31.6 Å². The molecule has 1 aromatic heterocycles. The third-order valence-corrected chi connectivity index (χ3v) is 4.96. The summed E-state index contributed by atoms with van der Waals surface area (Å²) in [5, 5.41) is 1.15. The summed E-state index contributed by atoms with van der Waals surface area (Å²) in [6.45, 7) is 14.5. The third-order valence-electron chi connectivity index (χ3n) is 4.96. The van der Waals surface area contributed by atoms with Crippen LogP contribution in [0.25, 0.3) is 11.0 Å². The van der Waals surface area contributed by atoms with Gasteiger partial charge in [-0.05, 0) is 60.1 Å². The van der Waals surface area contributed by atoms with Crippen LogP contribution in [0.4, 0.5) is 0 Å². The molecule has 0 N–H and O–H groups in total. The number of rotatable bonds is 1. The fraction of sp³-hybridized carbons (Fsp3) is 0.529. The average molecular weight is 286 g/mol. The van der Waals surface area contributed by atoms with E-state index in [4.69, 9.17) is 13.7 Å². The van der Waals surface area contributed by atoms with Crippen molar-refractivity contribution in [2.45, 2.75) is 59.7 Å². The number of fused-ring (bicyclic) bond motifs is 1. The molecule has 3 nitrogen and oxygen atoms in total. The molecule has 1 aromatic carbocycles. The molecule has 0 unspecified atom stereocenters. The van der Waals surface area contributed by atoms with Crippen LogP contribution in [-0.4, -0.2) is 18.3 Å². The zero-order valence-corrected chi connectivity index (χ0v) is 14.0. The maximum atomic E-state index is 6.18. The van der Waals surface area contributed by atoms with E-state index in [0.29, 0.717) is 0 Å². The van der Waals surface area contributed by atoms with Crippen LogP contribution in [0, 0.1) is 20.8 Å². The molecule has 2 heterocycles. The zero-order valence-electron chi connectivity index (χ0n) is 14.0. The Morgan fingerprint density at radius 1 is 0.905 bits per heavy atom. The number of hydrogen-bond acceptors (Lipinski definition) is 3. The fourth-order valence-electron chi connectivity index (χ4n) is 2.76. The maximum absolute atomic E-state index is 6.18. The average Bonchev–Trinajstić information content (AvgIpc) is 2.75. The van der Waals surface area contributed by atoms with Gasteiger partial charge in [-0.15, -0.1) is 0 Å². The van der Waals surface area contributed by atoms with Crippen LogP contribution < -0.4 is 5.46 Å². The summed E-state index contributed by atoms with van der Waals surface area (Å²) >= 11 is 0. The second-order valence-electron chi connectivity index (χ2n) is 7.10. The van der Waals surface area contributed by atoms with E-state index in [2.05, 4.69) is 53.7 Å². The van der Waals surface area contributed by atoms with Crippen LogP contribution in [0.1, 0.15) is 44.6 Å². The quantitative estimate of drug-likeness (QED) is 0.750. The van der Waals surface area contributed by atoms with Crippen LogP contribution >= 0.6 is 0 Å². The second kappa shape index (κ2) is 4.37. The molecule has 0 radical (unpaired) electrons. The standard InChI is InChI=1S/C17H23BO3/c1-10-8-13-11(2)12(3)19-15(13)14(9-10)18-20-16(4,5)17(6,7)21-18/h8-9H,1-7H3. The van der Waals surface area contributed by atoms with Crippen LogP contribution in [-0.2, 0) is 9.31 Å². The highest BCUT2D eigenvalue weighted by atomic mass is 16.7. The maximum Gasteiger partial charge on any atom is 0.498 e. The lowest BCUT2D eigenvalue weighted by molar-refractivity contribution is 0.00578. The second-order valence-corrected chi connectivity index (χ2v) is 7.10. The van der Waals surface area contributed by atoms with Gasteiger partial charge in [0.05, 0.1) is 11.2 Å². The minimum absolute atomic E-state index is 0.343. The van der Waals surface area contributed by atoms with E-state index in [0.717, 1.165) is 22.2 Å². The van der Waals surface area contributed by atoms with Gasteiger partial charge in [0.25, 0.3) is 0 Å². The van der Waals surface area contributed by atoms with Gasteiger partial charge in [-0.1, -0.05) is 11.6 Å². The minimum Gasteiger partial charge on any atom is -0.461 e. The van der Waals surface area contributed by atoms with E-state index < -0.39 is 0 Å². The summed E-state index contributed by atoms with van der Waals surface area (Å²) in [6, 6.07) is 4.27. The highest BCUT2D eigenvalue weighted by Gasteiger charge is 2.52. The minimum atomic E-state index is -0.387. The number of hydrogen-bond donors (Lipinski definition) is 0. The summed E-state index contributed by atoms with van der Waals surface area (Å²) in [5.74, 6) is 0.952. The Bertz CT molecular complexity index is 696. The monoisotopic (exact) mass is 286 g/mol. The van der Waals surface area contributed by atoms with Gasteiger partial charge in [-0.2, -0.15) is 0 Å². The van der Waals surface area contributed by atoms with Gasteiger partial charge < -0.3 is 13.7 Å². The van der Waals surface area contributed by atoms with Crippen molar-refractivity contribution in [2.24, 2.45) is 0 Å². The molecular formula is C17H23BO3. The van der Waals surface area contributed by atoms with Crippen LogP contribution in [0.2, 0.25) is 0 Å². The lowest BCUT2D eigenvalue weighted by atomic mass is 9.77. The predicted octanol–water partition coefficient (Wildman–Crippen LogP) is 3.66. The number of furan rings is 1. The summed E-state index contributed by atoms with van der Waals surface area (Å²) in [7, 11) is -0.387. The molecule has 2 aromatic rings. The van der Waals surface area contributed by atoms with E-state index in [-0.39, 0.29) is 18.3 Å². The molecule has 1 aliphatic heterocycles. The van der Waals surface area contributed by atoms with Gasteiger partial charge >= 0.3 is 7.12 Å². The molecular weight excluding hydrogens is 263 g/mol. The first-order chi connectivity index (χ1) is 9.62. The van der Waals surface area contributed by atoms with E-state index in [1.807, 2.05) is 6.92 Å². The van der Waals surface area contributed by atoms with Gasteiger partial charge in [-0.3, -0.25) is 0 Å². The van der Waals surface area contributed by atoms with Crippen LogP contribution in [0.3, 0.4) is 0 Å². The highest BCUT2D eigenvalue weighted by molar-refractivity contribution is 6.64. The van der Waals surface area contributed by atoms with Gasteiger partial charge in [0.15, 0.2) is 0 Å². The van der Waals surface area contributed by atoms with E-state index >= 15 is 0 Å². The Hall–Kier alpha value is -1.26. The molecule has 21 heavy (non-hydrogen) atoms. The van der Waals surface area contributed by atoms with Crippen molar-refractivity contribution < 1.29 is 13.7 Å². The first kappa shape index (κ1) is 14.7. The smallest absolute Gasteiger partial charge is 0.461 e. The van der Waals surface area contributed by atoms with Crippen molar-refractivity contribution in [3.63, 3.8) is 0 Å². The third kappa shape index (κ3) is 2.12. The molecule has 3 rings (SSSR count). The van der Waals surface area contributed by atoms with Gasteiger partial charge in [0, 0.05) is 10.8 Å². The van der Waals surface area contributed by atoms with E-state index in [1.165, 1.54) is 11.1 Å². The van der Waals surface area contributed by atoms with Crippen molar-refractivity contribution in [2.75, 3.05) is 0 Å². The Morgan fingerprint density at radius 2 is 1.48 bits per heavy atom. The normalized spacial score (nSPS) is 20.4. The zero-order chi connectivity index (χ0) is 15.6. The van der Waals surface area contributed by atoms with Crippen molar-refractivity contribution in [3.05, 3.63) is 29.0 Å². The molecule has 1 fully saturated rings. The molecule has 1 saturated heterocycles. The first-order valence-electron chi connectivity index (χ1n) is 7.48. The largest absolute Gasteiger partial charge is 0.498 e. The summed E-state index contributed by atoms with van der Waals surface area (Å²) < 4.78 is 18.3. The highest BCUT2D eigenvalue weighted by Crippen LogP contribution is 2.37. The van der Waals surface area contributed by atoms with Gasteiger partial charge in [0.2, 0.25) is 0 Å². The molecule has 0 aliphatic carbocycles. The van der Waals surface area contributed by atoms with Crippen molar-refractivity contribution in [1.29, 1.82) is 0 Å². The Labute approximate surface area is 126 Å². The first-order valence-corrected chi connectivity index (χ1v) is 7.48. The van der Waals surface area contributed by atoms with Gasteiger partial charge in [-0.25, -0.2) is 0 Å². The van der Waals surface area contributed by atoms with E-state index in [1.54, 1.807) is 0 Å². The molecule has 0 atom stereocenters. The molecule has 0 amide bonds. The number of benzene rings is 1. The van der Waals surface area contributed by atoms with Crippen molar-refractivity contribution in [1.82, 2.24) is 0 Å². The molecule has 0 saturated carbocycles. The molecule has 0 spiro atoms. The summed E-state index contributed by atoms with van der Waals surface area (Å²) in [5.41, 5.74) is 3.56. The van der Waals surface area contributed by atoms with Crippen molar-refractivity contribution >= 4 is 23.6 Å². The summed E-state index contributed by atoms with van der Waals surface area (Å²) in [4.78, 5) is 0. The lowest BCUT2D eigenvalue weighted by Gasteiger charge is -2.32.